The third-order valence-corrected chi connectivity index (χ3v) is 6.24. The Bertz CT molecular complexity index is 1130. The molecule has 1 aliphatic rings. The molecule has 2 aromatic carbocycles. The van der Waals surface area contributed by atoms with Gasteiger partial charge in [-0.15, -0.1) is 0 Å². The predicted octanol–water partition coefficient (Wildman–Crippen LogP) is 4.48. The molecule has 2 amide bonds. The predicted molar refractivity (Wildman–Crippen MR) is 129 cm³/mol. The zero-order chi connectivity index (χ0) is 23.4. The van der Waals surface area contributed by atoms with Gasteiger partial charge < -0.3 is 20.1 Å². The molecule has 1 saturated heterocycles. The van der Waals surface area contributed by atoms with Crippen molar-refractivity contribution in [2.45, 2.75) is 26.2 Å². The van der Waals surface area contributed by atoms with Gasteiger partial charge in [-0.25, -0.2) is 0 Å². The summed E-state index contributed by atoms with van der Waals surface area (Å²) in [7, 11) is 0. The number of halogens is 1. The molecule has 1 atom stereocenters. The molecule has 0 spiro atoms. The molecule has 1 unspecified atom stereocenters. The number of rotatable bonds is 5. The lowest BCUT2D eigenvalue weighted by atomic mass is 9.99. The fraction of sp³-hybridized carbons (Fsp3) is 0.320. The number of aromatic nitrogens is 1. The van der Waals surface area contributed by atoms with E-state index in [9.17, 15) is 9.59 Å². The summed E-state index contributed by atoms with van der Waals surface area (Å²) in [6.07, 6.45) is 0.960. The molecule has 1 aliphatic heterocycles. The molecule has 0 aliphatic carbocycles. The minimum Gasteiger partial charge on any atom is -0.360 e. The largest absolute Gasteiger partial charge is 0.360 e. The molecule has 172 valence electrons. The SMILES string of the molecule is Cc1onc(-c2ccccc2Cl)c1C(=O)Nc1ccc(C(C)C(=O)N2CCCNCC2)cc1. The second-order valence-electron chi connectivity index (χ2n) is 8.17. The van der Waals surface area contributed by atoms with Crippen molar-refractivity contribution in [2.75, 3.05) is 31.5 Å². The van der Waals surface area contributed by atoms with Gasteiger partial charge in [0.1, 0.15) is 17.0 Å². The fourth-order valence-corrected chi connectivity index (χ4v) is 4.23. The second kappa shape index (κ2) is 10.2. The standard InChI is InChI=1S/C25H27ClN4O3/c1-16(25(32)30-14-5-12-27-13-15-30)18-8-10-19(11-9-18)28-24(31)22-17(2)33-29-23(22)20-6-3-4-7-21(20)26/h3-4,6-11,16,27H,5,12-15H2,1-2H3,(H,28,31). The van der Waals surface area contributed by atoms with Crippen LogP contribution in [0.4, 0.5) is 5.69 Å². The lowest BCUT2D eigenvalue weighted by Gasteiger charge is -2.24. The van der Waals surface area contributed by atoms with Gasteiger partial charge in [-0.3, -0.25) is 9.59 Å². The number of amides is 2. The Labute approximate surface area is 198 Å². The summed E-state index contributed by atoms with van der Waals surface area (Å²) in [6.45, 7) is 6.87. The van der Waals surface area contributed by atoms with E-state index in [0.717, 1.165) is 38.2 Å². The summed E-state index contributed by atoms with van der Waals surface area (Å²) in [5.41, 5.74) is 2.90. The third-order valence-electron chi connectivity index (χ3n) is 5.91. The average Bonchev–Trinajstić information content (AvgIpc) is 3.02. The summed E-state index contributed by atoms with van der Waals surface area (Å²) >= 11 is 6.29. The van der Waals surface area contributed by atoms with Crippen LogP contribution in [-0.4, -0.2) is 48.0 Å². The van der Waals surface area contributed by atoms with Crippen LogP contribution in [0.25, 0.3) is 11.3 Å². The summed E-state index contributed by atoms with van der Waals surface area (Å²) < 4.78 is 5.29. The van der Waals surface area contributed by atoms with E-state index < -0.39 is 0 Å². The smallest absolute Gasteiger partial charge is 0.261 e. The summed E-state index contributed by atoms with van der Waals surface area (Å²) in [6, 6.07) is 14.5. The lowest BCUT2D eigenvalue weighted by Crippen LogP contribution is -2.36. The van der Waals surface area contributed by atoms with Gasteiger partial charge in [-0.1, -0.05) is 47.1 Å². The van der Waals surface area contributed by atoms with E-state index >= 15 is 0 Å². The number of benzene rings is 2. The van der Waals surface area contributed by atoms with Gasteiger partial charge >= 0.3 is 0 Å². The van der Waals surface area contributed by atoms with Gasteiger partial charge in [0.2, 0.25) is 5.91 Å². The molecule has 2 heterocycles. The minimum atomic E-state index is -0.336. The maximum atomic E-state index is 13.0. The third kappa shape index (κ3) is 5.10. The van der Waals surface area contributed by atoms with Crippen molar-refractivity contribution in [3.05, 3.63) is 70.4 Å². The number of aryl methyl sites for hydroxylation is 1. The molecule has 33 heavy (non-hydrogen) atoms. The first-order valence-corrected chi connectivity index (χ1v) is 11.5. The van der Waals surface area contributed by atoms with Crippen LogP contribution in [0.15, 0.2) is 53.1 Å². The number of hydrogen-bond acceptors (Lipinski definition) is 5. The van der Waals surface area contributed by atoms with Crippen LogP contribution in [0.2, 0.25) is 5.02 Å². The number of anilines is 1. The quantitative estimate of drug-likeness (QED) is 0.578. The van der Waals surface area contributed by atoms with E-state index in [1.165, 1.54) is 0 Å². The zero-order valence-electron chi connectivity index (χ0n) is 18.7. The minimum absolute atomic E-state index is 0.125. The Hall–Kier alpha value is -3.16. The summed E-state index contributed by atoms with van der Waals surface area (Å²) in [5, 5.41) is 10.8. The van der Waals surface area contributed by atoms with E-state index in [1.54, 1.807) is 31.2 Å². The average molecular weight is 467 g/mol. The van der Waals surface area contributed by atoms with Crippen LogP contribution in [-0.2, 0) is 4.79 Å². The van der Waals surface area contributed by atoms with Crippen molar-refractivity contribution < 1.29 is 14.1 Å². The highest BCUT2D eigenvalue weighted by molar-refractivity contribution is 6.33. The maximum Gasteiger partial charge on any atom is 0.261 e. The number of carbonyl (C=O) groups is 2. The number of nitrogens with zero attached hydrogens (tertiary/aromatic N) is 2. The monoisotopic (exact) mass is 466 g/mol. The van der Waals surface area contributed by atoms with Crippen molar-refractivity contribution in [3.8, 4) is 11.3 Å². The highest BCUT2D eigenvalue weighted by Crippen LogP contribution is 2.31. The van der Waals surface area contributed by atoms with Crippen LogP contribution in [0.1, 0.15) is 40.9 Å². The number of nitrogens with one attached hydrogen (secondary N) is 2. The molecule has 7 nitrogen and oxygen atoms in total. The van der Waals surface area contributed by atoms with Crippen LogP contribution in [0, 0.1) is 6.92 Å². The van der Waals surface area contributed by atoms with Crippen molar-refractivity contribution in [2.24, 2.45) is 0 Å². The Morgan fingerprint density at radius 3 is 2.64 bits per heavy atom. The van der Waals surface area contributed by atoms with E-state index in [1.807, 2.05) is 36.1 Å². The molecule has 1 aromatic heterocycles. The molecular formula is C25H27ClN4O3. The molecule has 4 rings (SSSR count). The summed E-state index contributed by atoms with van der Waals surface area (Å²) in [4.78, 5) is 27.9. The Morgan fingerprint density at radius 2 is 1.88 bits per heavy atom. The van der Waals surface area contributed by atoms with Crippen LogP contribution >= 0.6 is 11.6 Å². The normalized spacial score (nSPS) is 15.1. The van der Waals surface area contributed by atoms with Gasteiger partial charge in [-0.2, -0.15) is 0 Å². The Kier molecular flexibility index (Phi) is 7.11. The van der Waals surface area contributed by atoms with Crippen LogP contribution in [0.3, 0.4) is 0 Å². The topological polar surface area (TPSA) is 87.5 Å². The van der Waals surface area contributed by atoms with Crippen molar-refractivity contribution >= 4 is 29.1 Å². The summed E-state index contributed by atoms with van der Waals surface area (Å²) in [5.74, 6) is -0.0530. The van der Waals surface area contributed by atoms with Gasteiger partial charge in [0.25, 0.3) is 5.91 Å². The first-order valence-electron chi connectivity index (χ1n) is 11.1. The van der Waals surface area contributed by atoms with Gasteiger partial charge in [-0.05, 0) is 50.6 Å². The van der Waals surface area contributed by atoms with E-state index in [4.69, 9.17) is 16.1 Å². The molecule has 2 N–H and O–H groups in total. The zero-order valence-corrected chi connectivity index (χ0v) is 19.5. The molecule has 8 heteroatoms. The molecule has 0 radical (unpaired) electrons. The van der Waals surface area contributed by atoms with E-state index in [-0.39, 0.29) is 17.7 Å². The fourth-order valence-electron chi connectivity index (χ4n) is 4.01. The second-order valence-corrected chi connectivity index (χ2v) is 8.58. The first kappa shape index (κ1) is 23.0. The van der Waals surface area contributed by atoms with Gasteiger partial charge in [0.15, 0.2) is 0 Å². The number of hydrogen-bond donors (Lipinski definition) is 2. The highest BCUT2D eigenvalue weighted by Gasteiger charge is 2.24. The van der Waals surface area contributed by atoms with Crippen LogP contribution < -0.4 is 10.6 Å². The van der Waals surface area contributed by atoms with Crippen molar-refractivity contribution in [3.63, 3.8) is 0 Å². The van der Waals surface area contributed by atoms with Gasteiger partial charge in [0, 0.05) is 30.9 Å². The molecule has 1 fully saturated rings. The molecular weight excluding hydrogens is 440 g/mol. The van der Waals surface area contributed by atoms with Gasteiger partial charge in [0.05, 0.1) is 10.9 Å². The van der Waals surface area contributed by atoms with Crippen LogP contribution in [0.5, 0.6) is 0 Å². The van der Waals surface area contributed by atoms with E-state index in [2.05, 4.69) is 15.8 Å². The Morgan fingerprint density at radius 1 is 1.12 bits per heavy atom. The lowest BCUT2D eigenvalue weighted by molar-refractivity contribution is -0.132. The Balaban J connectivity index is 1.48. The first-order chi connectivity index (χ1) is 16.0. The van der Waals surface area contributed by atoms with Crippen molar-refractivity contribution in [1.29, 1.82) is 0 Å². The molecule has 0 saturated carbocycles. The van der Waals surface area contributed by atoms with Crippen molar-refractivity contribution in [1.82, 2.24) is 15.4 Å². The highest BCUT2D eigenvalue weighted by atomic mass is 35.5. The number of carbonyl (C=O) groups excluding carboxylic acids is 2. The maximum absolute atomic E-state index is 13.0. The molecule has 3 aromatic rings. The van der Waals surface area contributed by atoms with E-state index in [0.29, 0.717) is 33.3 Å². The molecule has 0 bridgehead atoms.